The summed E-state index contributed by atoms with van der Waals surface area (Å²) in [5.74, 6) is -0.0657. The first-order valence-electron chi connectivity index (χ1n) is 13.1. The van der Waals surface area contributed by atoms with Gasteiger partial charge in [0.1, 0.15) is 0 Å². The van der Waals surface area contributed by atoms with Gasteiger partial charge in [0.15, 0.2) is 0 Å². The molecule has 1 N–H and O–H groups in total. The van der Waals surface area contributed by atoms with E-state index in [1.54, 1.807) is 0 Å². The van der Waals surface area contributed by atoms with E-state index in [2.05, 4.69) is 141 Å². The summed E-state index contributed by atoms with van der Waals surface area (Å²) in [6, 6.07) is 49.1. The predicted molar refractivity (Wildman–Crippen MR) is 157 cm³/mol. The van der Waals surface area contributed by atoms with Gasteiger partial charge in [-0.25, -0.2) is 0 Å². The van der Waals surface area contributed by atoms with Crippen molar-refractivity contribution in [2.75, 3.05) is 0 Å². The van der Waals surface area contributed by atoms with Gasteiger partial charge in [0.05, 0.1) is 18.2 Å². The second kappa shape index (κ2) is 12.2. The molecule has 2 nitrogen and oxygen atoms in total. The number of allylic oxidation sites excluding steroid dienone is 1. The fourth-order valence-electron chi connectivity index (χ4n) is 4.76. The molecular formula is C36H33NO. The number of aryl methyl sites for hydroxylation is 2. The lowest BCUT2D eigenvalue weighted by molar-refractivity contribution is 0.0468. The molecule has 5 rings (SSSR count). The second-order valence-electron chi connectivity index (χ2n) is 9.65. The Morgan fingerprint density at radius 3 is 1.63 bits per heavy atom. The number of hydrogen-bond donors (Lipinski definition) is 1. The van der Waals surface area contributed by atoms with Gasteiger partial charge in [-0.15, -0.1) is 0 Å². The van der Waals surface area contributed by atoms with E-state index in [1.807, 2.05) is 18.2 Å². The fraction of sp³-hybridized carbons (Fsp3) is 0.111. The molecule has 38 heavy (non-hydrogen) atoms. The van der Waals surface area contributed by atoms with E-state index in [4.69, 9.17) is 4.84 Å². The van der Waals surface area contributed by atoms with Crippen LogP contribution in [-0.4, -0.2) is 0 Å². The lowest BCUT2D eigenvalue weighted by atomic mass is 9.83. The molecule has 1 atom stereocenters. The van der Waals surface area contributed by atoms with Crippen LogP contribution in [0.4, 0.5) is 0 Å². The molecule has 1 unspecified atom stereocenters. The van der Waals surface area contributed by atoms with E-state index in [-0.39, 0.29) is 5.92 Å². The third-order valence-corrected chi connectivity index (χ3v) is 6.77. The molecule has 0 aliphatic carbocycles. The summed E-state index contributed by atoms with van der Waals surface area (Å²) in [7, 11) is 0. The molecule has 0 saturated heterocycles. The normalized spacial score (nSPS) is 12.5. The van der Waals surface area contributed by atoms with Crippen LogP contribution >= 0.6 is 0 Å². The van der Waals surface area contributed by atoms with Crippen molar-refractivity contribution < 1.29 is 4.84 Å². The van der Waals surface area contributed by atoms with Crippen molar-refractivity contribution in [3.05, 3.63) is 184 Å². The summed E-state index contributed by atoms with van der Waals surface area (Å²) in [6.45, 7) is 4.70. The van der Waals surface area contributed by atoms with Crippen LogP contribution in [0.25, 0.3) is 5.57 Å². The molecule has 0 bridgehead atoms. The van der Waals surface area contributed by atoms with Crippen LogP contribution in [0.1, 0.15) is 44.9 Å². The lowest BCUT2D eigenvalue weighted by Crippen LogP contribution is -2.23. The highest BCUT2D eigenvalue weighted by Gasteiger charge is 2.25. The van der Waals surface area contributed by atoms with E-state index in [9.17, 15) is 0 Å². The summed E-state index contributed by atoms with van der Waals surface area (Å²) in [4.78, 5) is 6.27. The number of rotatable bonds is 9. The molecule has 0 heterocycles. The van der Waals surface area contributed by atoms with Crippen LogP contribution in [-0.2, 0) is 11.4 Å². The monoisotopic (exact) mass is 495 g/mol. The average molecular weight is 496 g/mol. The highest BCUT2D eigenvalue weighted by atomic mass is 16.6. The molecule has 0 radical (unpaired) electrons. The Morgan fingerprint density at radius 1 is 0.553 bits per heavy atom. The molecular weight excluding hydrogens is 462 g/mol. The maximum Gasteiger partial charge on any atom is 0.0996 e. The lowest BCUT2D eigenvalue weighted by Gasteiger charge is -2.27. The first kappa shape index (κ1) is 25.3. The van der Waals surface area contributed by atoms with Crippen molar-refractivity contribution in [1.29, 1.82) is 0 Å². The van der Waals surface area contributed by atoms with Crippen LogP contribution in [0.5, 0.6) is 0 Å². The molecule has 5 aromatic rings. The maximum absolute atomic E-state index is 6.27. The highest BCUT2D eigenvalue weighted by molar-refractivity contribution is 5.83. The third kappa shape index (κ3) is 6.11. The second-order valence-corrected chi connectivity index (χ2v) is 9.65. The third-order valence-electron chi connectivity index (χ3n) is 6.77. The summed E-state index contributed by atoms with van der Waals surface area (Å²) in [5, 5.41) is 0. The minimum Gasteiger partial charge on any atom is -0.272 e. The van der Waals surface area contributed by atoms with Crippen LogP contribution < -0.4 is 5.48 Å². The molecule has 0 spiro atoms. The quantitative estimate of drug-likeness (QED) is 0.207. The number of nitrogens with one attached hydrogen (secondary N) is 1. The Labute approximate surface area is 226 Å². The predicted octanol–water partition coefficient (Wildman–Crippen LogP) is 8.62. The largest absolute Gasteiger partial charge is 0.272 e. The molecule has 0 saturated carbocycles. The molecule has 0 aliphatic rings. The van der Waals surface area contributed by atoms with Crippen molar-refractivity contribution in [2.24, 2.45) is 0 Å². The molecule has 5 aromatic carbocycles. The first-order chi connectivity index (χ1) is 18.7. The zero-order chi connectivity index (χ0) is 26.2. The van der Waals surface area contributed by atoms with Crippen LogP contribution in [0, 0.1) is 13.8 Å². The van der Waals surface area contributed by atoms with Gasteiger partial charge >= 0.3 is 0 Å². The first-order valence-corrected chi connectivity index (χ1v) is 13.1. The average Bonchev–Trinajstić information content (AvgIpc) is 2.97. The van der Waals surface area contributed by atoms with Crippen LogP contribution in [0.15, 0.2) is 145 Å². The minimum atomic E-state index is -0.0657. The van der Waals surface area contributed by atoms with Crippen LogP contribution in [0.3, 0.4) is 0 Å². The van der Waals surface area contributed by atoms with E-state index in [0.29, 0.717) is 6.61 Å². The molecule has 0 aromatic heterocycles. The summed E-state index contributed by atoms with van der Waals surface area (Å²) in [5.41, 5.74) is 13.8. The van der Waals surface area contributed by atoms with Gasteiger partial charge < -0.3 is 0 Å². The Bertz CT molecular complexity index is 1460. The van der Waals surface area contributed by atoms with Gasteiger partial charge in [0.2, 0.25) is 0 Å². The number of hydroxylamine groups is 1. The Kier molecular flexibility index (Phi) is 8.13. The van der Waals surface area contributed by atoms with Gasteiger partial charge in [-0.3, -0.25) is 10.3 Å². The van der Waals surface area contributed by atoms with E-state index in [1.165, 1.54) is 22.3 Å². The van der Waals surface area contributed by atoms with Gasteiger partial charge in [-0.05, 0) is 41.7 Å². The Hall–Kier alpha value is -4.40. The van der Waals surface area contributed by atoms with Crippen molar-refractivity contribution >= 4 is 5.57 Å². The Balaban J connectivity index is 1.72. The number of benzene rings is 5. The van der Waals surface area contributed by atoms with Gasteiger partial charge in [-0.2, -0.15) is 0 Å². The zero-order valence-electron chi connectivity index (χ0n) is 22.0. The molecule has 188 valence electrons. The highest BCUT2D eigenvalue weighted by Crippen LogP contribution is 2.38. The van der Waals surface area contributed by atoms with Crippen LogP contribution in [0.2, 0.25) is 0 Å². The van der Waals surface area contributed by atoms with E-state index in [0.717, 1.165) is 28.0 Å². The van der Waals surface area contributed by atoms with Gasteiger partial charge in [-0.1, -0.05) is 151 Å². The molecule has 0 amide bonds. The van der Waals surface area contributed by atoms with E-state index < -0.39 is 0 Å². The molecule has 0 fully saturated rings. The zero-order valence-corrected chi connectivity index (χ0v) is 22.0. The smallest absolute Gasteiger partial charge is 0.0996 e. The summed E-state index contributed by atoms with van der Waals surface area (Å²) >= 11 is 0. The van der Waals surface area contributed by atoms with Crippen molar-refractivity contribution in [3.8, 4) is 0 Å². The van der Waals surface area contributed by atoms with Gasteiger partial charge in [0.25, 0.3) is 0 Å². The standard InChI is InChI=1S/C36H33NO/c1-27-18-22-32(23-19-27)34(30-14-8-4-9-15-30)36(37-38-26-29-12-6-3-7-13-29)35(31-16-10-5-11-17-31)33-24-20-28(2)21-25-33/h3-25,34,37H,26H2,1-2H3. The van der Waals surface area contributed by atoms with Crippen molar-refractivity contribution in [3.63, 3.8) is 0 Å². The SMILES string of the molecule is Cc1ccc(C(=C(NOCc2ccccc2)C(c2ccccc2)c2ccc(C)cc2)c2ccccc2)cc1. The van der Waals surface area contributed by atoms with Crippen molar-refractivity contribution in [1.82, 2.24) is 5.48 Å². The molecule has 2 heteroatoms. The fourth-order valence-corrected chi connectivity index (χ4v) is 4.76. The topological polar surface area (TPSA) is 21.3 Å². The maximum atomic E-state index is 6.27. The summed E-state index contributed by atoms with van der Waals surface area (Å²) in [6.07, 6.45) is 0. The minimum absolute atomic E-state index is 0.0657. The van der Waals surface area contributed by atoms with Gasteiger partial charge in [0, 0.05) is 5.57 Å². The van der Waals surface area contributed by atoms with Crippen molar-refractivity contribution in [2.45, 2.75) is 26.4 Å². The van der Waals surface area contributed by atoms with E-state index >= 15 is 0 Å². The molecule has 0 aliphatic heterocycles. The number of hydrogen-bond acceptors (Lipinski definition) is 2. The summed E-state index contributed by atoms with van der Waals surface area (Å²) < 4.78 is 0. The Morgan fingerprint density at radius 2 is 1.03 bits per heavy atom.